The van der Waals surface area contributed by atoms with Crippen LogP contribution in [0, 0.1) is 5.41 Å². The van der Waals surface area contributed by atoms with Crippen LogP contribution in [0.5, 0.6) is 5.75 Å². The van der Waals surface area contributed by atoms with E-state index in [4.69, 9.17) is 0 Å². The van der Waals surface area contributed by atoms with Gasteiger partial charge in [0.25, 0.3) is 0 Å². The van der Waals surface area contributed by atoms with Crippen molar-refractivity contribution in [3.8, 4) is 5.75 Å². The third kappa shape index (κ3) is 3.71. The Balaban J connectivity index is 2.76. The van der Waals surface area contributed by atoms with Gasteiger partial charge in [-0.25, -0.2) is 0 Å². The second-order valence-corrected chi connectivity index (χ2v) is 4.57. The predicted molar refractivity (Wildman–Crippen MR) is 72.0 cm³/mol. The third-order valence-corrected chi connectivity index (χ3v) is 3.44. The van der Waals surface area contributed by atoms with Gasteiger partial charge in [-0.3, -0.25) is 9.59 Å². The van der Waals surface area contributed by atoms with Crippen LogP contribution in [-0.2, 0) is 9.59 Å². The van der Waals surface area contributed by atoms with Crippen LogP contribution >= 0.6 is 0 Å². The van der Waals surface area contributed by atoms with Crippen LogP contribution in [0.2, 0.25) is 0 Å². The summed E-state index contributed by atoms with van der Waals surface area (Å²) in [5.74, 6) is -1.27. The minimum absolute atomic E-state index is 0.0493. The second kappa shape index (κ2) is 6.22. The summed E-state index contributed by atoms with van der Waals surface area (Å²) < 4.78 is 0. The number of benzene rings is 1. The summed E-state index contributed by atoms with van der Waals surface area (Å²) in [7, 11) is 0. The lowest BCUT2D eigenvalue weighted by Gasteiger charge is -2.25. The van der Waals surface area contributed by atoms with E-state index in [0.717, 1.165) is 0 Å². The third-order valence-electron chi connectivity index (χ3n) is 3.44. The number of anilines is 1. The molecule has 0 aliphatic heterocycles. The monoisotopic (exact) mass is 265 g/mol. The van der Waals surface area contributed by atoms with Gasteiger partial charge in [-0.1, -0.05) is 19.9 Å². The van der Waals surface area contributed by atoms with Gasteiger partial charge in [-0.2, -0.15) is 0 Å². The minimum atomic E-state index is -1.03. The largest absolute Gasteiger partial charge is 0.508 e. The molecule has 0 unspecified atom stereocenters. The molecular formula is C14H19NO4. The van der Waals surface area contributed by atoms with E-state index in [1.165, 1.54) is 12.1 Å². The van der Waals surface area contributed by atoms with E-state index >= 15 is 0 Å². The van der Waals surface area contributed by atoms with Crippen molar-refractivity contribution in [2.75, 3.05) is 5.32 Å². The fourth-order valence-electron chi connectivity index (χ4n) is 1.97. The number of carbonyl (C=O) groups excluding carboxylic acids is 1. The van der Waals surface area contributed by atoms with Gasteiger partial charge in [-0.05, 0) is 25.0 Å². The summed E-state index contributed by atoms with van der Waals surface area (Å²) >= 11 is 0. The average Bonchev–Trinajstić information content (AvgIpc) is 2.35. The van der Waals surface area contributed by atoms with Gasteiger partial charge in [0.05, 0.1) is 5.41 Å². The molecule has 5 nitrogen and oxygen atoms in total. The van der Waals surface area contributed by atoms with E-state index in [1.54, 1.807) is 26.0 Å². The van der Waals surface area contributed by atoms with E-state index in [9.17, 15) is 19.8 Å². The topological polar surface area (TPSA) is 86.6 Å². The molecule has 1 aromatic rings. The van der Waals surface area contributed by atoms with Crippen molar-refractivity contribution in [1.29, 1.82) is 0 Å². The Bertz CT molecular complexity index is 466. The zero-order valence-corrected chi connectivity index (χ0v) is 11.1. The first-order valence-corrected chi connectivity index (χ1v) is 6.26. The molecule has 104 valence electrons. The molecule has 0 heterocycles. The number of hydrogen-bond acceptors (Lipinski definition) is 3. The normalized spacial score (nSPS) is 11.1. The lowest BCUT2D eigenvalue weighted by molar-refractivity contribution is -0.151. The number of nitrogens with one attached hydrogen (secondary N) is 1. The van der Waals surface area contributed by atoms with Crippen molar-refractivity contribution in [3.05, 3.63) is 24.3 Å². The van der Waals surface area contributed by atoms with E-state index < -0.39 is 11.4 Å². The molecule has 0 spiro atoms. The fourth-order valence-corrected chi connectivity index (χ4v) is 1.97. The van der Waals surface area contributed by atoms with Gasteiger partial charge in [0.15, 0.2) is 0 Å². The molecule has 1 rings (SSSR count). The maximum Gasteiger partial charge on any atom is 0.310 e. The molecule has 0 radical (unpaired) electrons. The van der Waals surface area contributed by atoms with Crippen molar-refractivity contribution in [3.63, 3.8) is 0 Å². The molecule has 1 aromatic carbocycles. The van der Waals surface area contributed by atoms with E-state index in [0.29, 0.717) is 18.5 Å². The summed E-state index contributed by atoms with van der Waals surface area (Å²) in [6, 6.07) is 6.15. The Morgan fingerprint density at radius 3 is 2.37 bits per heavy atom. The van der Waals surface area contributed by atoms with Crippen molar-refractivity contribution >= 4 is 17.6 Å². The Labute approximate surface area is 112 Å². The molecule has 5 heteroatoms. The number of aromatic hydroxyl groups is 1. The average molecular weight is 265 g/mol. The first kappa shape index (κ1) is 15.0. The number of carbonyl (C=O) groups is 2. The molecule has 0 atom stereocenters. The highest BCUT2D eigenvalue weighted by molar-refractivity contribution is 5.94. The summed E-state index contributed by atoms with van der Waals surface area (Å²) in [6.07, 6.45) is 0.712. The molecule has 0 aliphatic carbocycles. The van der Waals surface area contributed by atoms with Crippen molar-refractivity contribution in [2.45, 2.75) is 33.1 Å². The van der Waals surface area contributed by atoms with E-state index in [1.807, 2.05) is 0 Å². The van der Waals surface area contributed by atoms with Crippen molar-refractivity contribution < 1.29 is 19.8 Å². The quantitative estimate of drug-likeness (QED) is 0.738. The Morgan fingerprint density at radius 1 is 1.26 bits per heavy atom. The fraction of sp³-hybridized carbons (Fsp3) is 0.429. The molecule has 0 aromatic heterocycles. The highest BCUT2D eigenvalue weighted by Gasteiger charge is 2.37. The second-order valence-electron chi connectivity index (χ2n) is 4.57. The van der Waals surface area contributed by atoms with Crippen LogP contribution in [0.25, 0.3) is 0 Å². The molecule has 1 amide bonds. The van der Waals surface area contributed by atoms with Crippen LogP contribution in [0.15, 0.2) is 24.3 Å². The predicted octanol–water partition coefficient (Wildman–Crippen LogP) is 2.61. The lowest BCUT2D eigenvalue weighted by atomic mass is 9.79. The van der Waals surface area contributed by atoms with Gasteiger partial charge >= 0.3 is 5.97 Å². The van der Waals surface area contributed by atoms with Gasteiger partial charge in [0.2, 0.25) is 5.91 Å². The number of phenolic OH excluding ortho intramolecular Hbond substituents is 1. The number of aliphatic carboxylic acids is 1. The molecule has 0 bridgehead atoms. The van der Waals surface area contributed by atoms with Gasteiger partial charge in [0.1, 0.15) is 5.75 Å². The van der Waals surface area contributed by atoms with E-state index in [-0.39, 0.29) is 18.1 Å². The number of hydrogen-bond donors (Lipinski definition) is 3. The molecule has 0 saturated carbocycles. The van der Waals surface area contributed by atoms with Crippen LogP contribution in [-0.4, -0.2) is 22.1 Å². The standard InChI is InChI=1S/C14H19NO4/c1-3-14(4-2,13(18)19)9-12(17)15-10-6-5-7-11(16)8-10/h5-8,16H,3-4,9H2,1-2H3,(H,15,17)(H,18,19). The highest BCUT2D eigenvalue weighted by Crippen LogP contribution is 2.31. The molecule has 0 aliphatic rings. The first-order chi connectivity index (χ1) is 8.93. The molecule has 0 saturated heterocycles. The summed E-state index contributed by atoms with van der Waals surface area (Å²) in [5, 5.41) is 21.2. The Morgan fingerprint density at radius 2 is 1.89 bits per heavy atom. The molecule has 19 heavy (non-hydrogen) atoms. The summed E-state index contributed by atoms with van der Waals surface area (Å²) in [4.78, 5) is 23.2. The smallest absolute Gasteiger partial charge is 0.310 e. The number of carboxylic acid groups (broad SMARTS) is 1. The maximum absolute atomic E-state index is 11.9. The molecular weight excluding hydrogens is 246 g/mol. The number of amides is 1. The number of rotatable bonds is 6. The van der Waals surface area contributed by atoms with Crippen LogP contribution in [0.3, 0.4) is 0 Å². The van der Waals surface area contributed by atoms with Gasteiger partial charge in [0, 0.05) is 18.2 Å². The van der Waals surface area contributed by atoms with E-state index in [2.05, 4.69) is 5.32 Å². The lowest BCUT2D eigenvalue weighted by Crippen LogP contribution is -2.34. The molecule has 0 fully saturated rings. The zero-order valence-electron chi connectivity index (χ0n) is 11.1. The number of phenols is 1. The van der Waals surface area contributed by atoms with Crippen LogP contribution in [0.1, 0.15) is 33.1 Å². The first-order valence-electron chi connectivity index (χ1n) is 6.26. The summed E-state index contributed by atoms with van der Waals surface area (Å²) in [5.41, 5.74) is -0.572. The van der Waals surface area contributed by atoms with Crippen LogP contribution < -0.4 is 5.32 Å². The molecule has 3 N–H and O–H groups in total. The van der Waals surface area contributed by atoms with Crippen LogP contribution in [0.4, 0.5) is 5.69 Å². The Kier molecular flexibility index (Phi) is 4.92. The zero-order chi connectivity index (χ0) is 14.5. The maximum atomic E-state index is 11.9. The summed E-state index contributed by atoms with van der Waals surface area (Å²) in [6.45, 7) is 3.53. The van der Waals surface area contributed by atoms with Gasteiger partial charge in [-0.15, -0.1) is 0 Å². The van der Waals surface area contributed by atoms with Gasteiger partial charge < -0.3 is 15.5 Å². The number of carboxylic acids is 1. The van der Waals surface area contributed by atoms with Crippen molar-refractivity contribution in [2.24, 2.45) is 5.41 Å². The van der Waals surface area contributed by atoms with Crippen molar-refractivity contribution in [1.82, 2.24) is 0 Å². The highest BCUT2D eigenvalue weighted by atomic mass is 16.4. The Hall–Kier alpha value is -2.04. The SMILES string of the molecule is CCC(CC)(CC(=O)Nc1cccc(O)c1)C(=O)O. The minimum Gasteiger partial charge on any atom is -0.508 e.